The third-order valence-corrected chi connectivity index (χ3v) is 4.56. The van der Waals surface area contributed by atoms with Crippen LogP contribution in [0.4, 0.5) is 0 Å². The van der Waals surface area contributed by atoms with Gasteiger partial charge in [-0.1, -0.05) is 51.2 Å². The molecular weight excluding hydrogens is 324 g/mol. The number of nitrogens with zero attached hydrogens (tertiary/aromatic N) is 2. The Kier molecular flexibility index (Phi) is 6.42. The minimum atomic E-state index is 0.217. The van der Waals surface area contributed by atoms with Gasteiger partial charge in [-0.3, -0.25) is 0 Å². The standard InChI is InChI=1S/C22H26N2O2/c1-2-3-4-5-6-7-8-17-9-11-18(12-10-17)21-23-24-22(26-21)19-13-15-20(25)16-14-19/h9-16,25H,2-8H2,1H3. The van der Waals surface area contributed by atoms with Gasteiger partial charge in [-0.15, -0.1) is 10.2 Å². The van der Waals surface area contributed by atoms with Crippen LogP contribution in [0.25, 0.3) is 22.9 Å². The Bertz CT molecular complexity index is 792. The Morgan fingerprint density at radius 1 is 0.731 bits per heavy atom. The summed E-state index contributed by atoms with van der Waals surface area (Å²) in [6.07, 6.45) is 9.02. The van der Waals surface area contributed by atoms with E-state index in [9.17, 15) is 5.11 Å². The zero-order valence-electron chi connectivity index (χ0n) is 15.3. The Balaban J connectivity index is 1.56. The SMILES string of the molecule is CCCCCCCCc1ccc(-c2nnc(-c3ccc(O)cc3)o2)cc1. The van der Waals surface area contributed by atoms with Crippen molar-refractivity contribution in [2.45, 2.75) is 51.9 Å². The van der Waals surface area contributed by atoms with Crippen LogP contribution in [0.3, 0.4) is 0 Å². The van der Waals surface area contributed by atoms with Crippen LogP contribution < -0.4 is 0 Å². The molecule has 0 saturated carbocycles. The van der Waals surface area contributed by atoms with Crippen LogP contribution in [0.1, 0.15) is 51.0 Å². The average Bonchev–Trinajstić information content (AvgIpc) is 3.16. The van der Waals surface area contributed by atoms with E-state index in [2.05, 4.69) is 29.3 Å². The summed E-state index contributed by atoms with van der Waals surface area (Å²) in [5, 5.41) is 17.6. The number of phenolic OH excluding ortho intramolecular Hbond substituents is 1. The van der Waals surface area contributed by atoms with Crippen molar-refractivity contribution in [3.63, 3.8) is 0 Å². The molecule has 0 aliphatic heterocycles. The highest BCUT2D eigenvalue weighted by molar-refractivity contribution is 5.58. The molecule has 3 aromatic rings. The molecule has 1 heterocycles. The van der Waals surface area contributed by atoms with E-state index < -0.39 is 0 Å². The lowest BCUT2D eigenvalue weighted by atomic mass is 10.0. The van der Waals surface area contributed by atoms with E-state index >= 15 is 0 Å². The van der Waals surface area contributed by atoms with Crippen LogP contribution in [0, 0.1) is 0 Å². The number of aryl methyl sites for hydroxylation is 1. The lowest BCUT2D eigenvalue weighted by Gasteiger charge is -2.03. The van der Waals surface area contributed by atoms with Crippen LogP contribution >= 0.6 is 0 Å². The maximum absolute atomic E-state index is 9.36. The summed E-state index contributed by atoms with van der Waals surface area (Å²) in [5.74, 6) is 1.18. The number of hydrogen-bond donors (Lipinski definition) is 1. The van der Waals surface area contributed by atoms with Crippen molar-refractivity contribution in [3.8, 4) is 28.7 Å². The number of phenols is 1. The summed E-state index contributed by atoms with van der Waals surface area (Å²) in [5.41, 5.74) is 3.07. The minimum Gasteiger partial charge on any atom is -0.508 e. The Hall–Kier alpha value is -2.62. The second-order valence-electron chi connectivity index (χ2n) is 6.67. The van der Waals surface area contributed by atoms with Gasteiger partial charge >= 0.3 is 0 Å². The van der Waals surface area contributed by atoms with Gasteiger partial charge in [0.15, 0.2) is 0 Å². The average molecular weight is 350 g/mol. The topological polar surface area (TPSA) is 59.2 Å². The van der Waals surface area contributed by atoms with E-state index in [1.165, 1.54) is 44.1 Å². The molecule has 2 aromatic carbocycles. The summed E-state index contributed by atoms with van der Waals surface area (Å²) < 4.78 is 5.77. The summed E-state index contributed by atoms with van der Waals surface area (Å²) in [6, 6.07) is 15.1. The van der Waals surface area contributed by atoms with E-state index in [-0.39, 0.29) is 5.75 Å². The molecule has 0 radical (unpaired) electrons. The first-order chi connectivity index (χ1) is 12.8. The lowest BCUT2D eigenvalue weighted by Crippen LogP contribution is -1.87. The maximum atomic E-state index is 9.36. The fourth-order valence-corrected chi connectivity index (χ4v) is 2.98. The molecule has 0 fully saturated rings. The molecule has 1 aromatic heterocycles. The molecule has 0 atom stereocenters. The Morgan fingerprint density at radius 2 is 1.27 bits per heavy atom. The van der Waals surface area contributed by atoms with Gasteiger partial charge in [0.2, 0.25) is 11.8 Å². The number of aromatic hydroxyl groups is 1. The second kappa shape index (κ2) is 9.18. The first kappa shape index (κ1) is 18.2. The smallest absolute Gasteiger partial charge is 0.248 e. The maximum Gasteiger partial charge on any atom is 0.248 e. The van der Waals surface area contributed by atoms with E-state index in [0.29, 0.717) is 11.8 Å². The Labute approximate surface area is 154 Å². The van der Waals surface area contributed by atoms with Crippen molar-refractivity contribution in [2.24, 2.45) is 0 Å². The van der Waals surface area contributed by atoms with Gasteiger partial charge in [-0.25, -0.2) is 0 Å². The molecule has 0 unspecified atom stereocenters. The molecule has 1 N–H and O–H groups in total. The molecule has 0 spiro atoms. The highest BCUT2D eigenvalue weighted by Gasteiger charge is 2.10. The molecule has 0 aliphatic rings. The first-order valence-corrected chi connectivity index (χ1v) is 9.48. The van der Waals surface area contributed by atoms with Gasteiger partial charge in [0.1, 0.15) is 5.75 Å². The number of unbranched alkanes of at least 4 members (excludes halogenated alkanes) is 5. The number of hydrogen-bond acceptors (Lipinski definition) is 4. The summed E-state index contributed by atoms with van der Waals surface area (Å²) in [4.78, 5) is 0. The van der Waals surface area contributed by atoms with Crippen molar-refractivity contribution < 1.29 is 9.52 Å². The molecule has 0 saturated heterocycles. The van der Waals surface area contributed by atoms with Crippen LogP contribution in [0.15, 0.2) is 52.9 Å². The van der Waals surface area contributed by atoms with Crippen LogP contribution in [0.2, 0.25) is 0 Å². The second-order valence-corrected chi connectivity index (χ2v) is 6.67. The zero-order chi connectivity index (χ0) is 18.2. The van der Waals surface area contributed by atoms with Crippen molar-refractivity contribution in [2.75, 3.05) is 0 Å². The molecule has 136 valence electrons. The van der Waals surface area contributed by atoms with Crippen molar-refractivity contribution in [1.29, 1.82) is 0 Å². The third kappa shape index (κ3) is 4.94. The number of benzene rings is 2. The zero-order valence-corrected chi connectivity index (χ0v) is 15.3. The quantitative estimate of drug-likeness (QED) is 0.480. The molecule has 26 heavy (non-hydrogen) atoms. The van der Waals surface area contributed by atoms with Gasteiger partial charge in [0.05, 0.1) is 0 Å². The van der Waals surface area contributed by atoms with Gasteiger partial charge in [-0.2, -0.15) is 0 Å². The monoisotopic (exact) mass is 350 g/mol. The van der Waals surface area contributed by atoms with Crippen LogP contribution in [-0.2, 0) is 6.42 Å². The highest BCUT2D eigenvalue weighted by atomic mass is 16.4. The third-order valence-electron chi connectivity index (χ3n) is 4.56. The van der Waals surface area contributed by atoms with E-state index in [4.69, 9.17) is 4.42 Å². The molecule has 0 amide bonds. The summed E-state index contributed by atoms with van der Waals surface area (Å²) in [7, 11) is 0. The van der Waals surface area contributed by atoms with Gasteiger partial charge in [0.25, 0.3) is 0 Å². The van der Waals surface area contributed by atoms with Gasteiger partial charge in [0, 0.05) is 11.1 Å². The van der Waals surface area contributed by atoms with E-state index in [1.54, 1.807) is 24.3 Å². The summed E-state index contributed by atoms with van der Waals surface area (Å²) >= 11 is 0. The highest BCUT2D eigenvalue weighted by Crippen LogP contribution is 2.25. The molecule has 4 nitrogen and oxygen atoms in total. The predicted octanol–water partition coefficient (Wildman–Crippen LogP) is 6.01. The molecule has 4 heteroatoms. The summed E-state index contributed by atoms with van der Waals surface area (Å²) in [6.45, 7) is 2.25. The van der Waals surface area contributed by atoms with Crippen molar-refractivity contribution in [3.05, 3.63) is 54.1 Å². The Morgan fingerprint density at radius 3 is 1.88 bits per heavy atom. The molecule has 0 aliphatic carbocycles. The minimum absolute atomic E-state index is 0.217. The van der Waals surface area contributed by atoms with Crippen LogP contribution in [0.5, 0.6) is 5.75 Å². The first-order valence-electron chi connectivity index (χ1n) is 9.48. The predicted molar refractivity (Wildman–Crippen MR) is 104 cm³/mol. The van der Waals surface area contributed by atoms with Crippen molar-refractivity contribution in [1.82, 2.24) is 10.2 Å². The number of rotatable bonds is 9. The molecule has 0 bridgehead atoms. The normalized spacial score (nSPS) is 11.0. The molecular formula is C22H26N2O2. The lowest BCUT2D eigenvalue weighted by molar-refractivity contribution is 0.475. The van der Waals surface area contributed by atoms with Gasteiger partial charge in [-0.05, 0) is 54.8 Å². The fourth-order valence-electron chi connectivity index (χ4n) is 2.98. The number of aromatic nitrogens is 2. The van der Waals surface area contributed by atoms with E-state index in [0.717, 1.165) is 17.5 Å². The van der Waals surface area contributed by atoms with Crippen molar-refractivity contribution >= 4 is 0 Å². The van der Waals surface area contributed by atoms with E-state index in [1.807, 2.05) is 12.1 Å². The van der Waals surface area contributed by atoms with Gasteiger partial charge < -0.3 is 9.52 Å². The molecule has 3 rings (SSSR count). The fraction of sp³-hybridized carbons (Fsp3) is 0.364. The largest absolute Gasteiger partial charge is 0.508 e. The van der Waals surface area contributed by atoms with Crippen LogP contribution in [-0.4, -0.2) is 15.3 Å².